The van der Waals surface area contributed by atoms with Crippen LogP contribution in [-0.2, 0) is 7.05 Å². The number of nitrogens with two attached hydrogens (primary N) is 1. The van der Waals surface area contributed by atoms with Gasteiger partial charge in [-0.3, -0.25) is 10.1 Å². The van der Waals surface area contributed by atoms with Crippen LogP contribution in [0.25, 0.3) is 0 Å². The molecule has 3 N–H and O–H groups in total. The Bertz CT molecular complexity index is 566. The number of halogens is 1. The van der Waals surface area contributed by atoms with Crippen molar-refractivity contribution < 1.29 is 4.79 Å². The predicted octanol–water partition coefficient (Wildman–Crippen LogP) is 1.30. The van der Waals surface area contributed by atoms with Crippen LogP contribution in [0.15, 0.2) is 24.5 Å². The molecule has 7 heteroatoms. The van der Waals surface area contributed by atoms with E-state index in [4.69, 9.17) is 17.3 Å². The molecule has 0 radical (unpaired) electrons. The minimum atomic E-state index is -0.341. The Labute approximate surface area is 102 Å². The molecular formula is C10H10ClN5O. The van der Waals surface area contributed by atoms with Gasteiger partial charge in [0, 0.05) is 19.4 Å². The summed E-state index contributed by atoms with van der Waals surface area (Å²) >= 11 is 5.68. The van der Waals surface area contributed by atoms with Crippen molar-refractivity contribution in [1.82, 2.24) is 14.5 Å². The van der Waals surface area contributed by atoms with E-state index in [-0.39, 0.29) is 17.0 Å². The standard InChI is InChI=1S/C10H10ClN5O/c1-16-5-6(12)4-7(16)9(17)15-10-13-3-2-8(11)14-10/h2-5H,12H2,1H3,(H,13,14,15,17). The topological polar surface area (TPSA) is 85.8 Å². The third-order valence-electron chi connectivity index (χ3n) is 2.11. The average molecular weight is 252 g/mol. The highest BCUT2D eigenvalue weighted by Crippen LogP contribution is 2.11. The molecule has 0 aliphatic rings. The van der Waals surface area contributed by atoms with Crippen molar-refractivity contribution in [3.8, 4) is 0 Å². The van der Waals surface area contributed by atoms with Gasteiger partial charge < -0.3 is 10.3 Å². The zero-order chi connectivity index (χ0) is 12.4. The van der Waals surface area contributed by atoms with Gasteiger partial charge in [0.05, 0.1) is 5.69 Å². The second kappa shape index (κ2) is 4.42. The maximum absolute atomic E-state index is 11.8. The van der Waals surface area contributed by atoms with Crippen LogP contribution in [-0.4, -0.2) is 20.4 Å². The van der Waals surface area contributed by atoms with E-state index in [1.165, 1.54) is 12.3 Å². The van der Waals surface area contributed by atoms with Gasteiger partial charge in [0.1, 0.15) is 10.8 Å². The molecule has 1 amide bonds. The number of nitrogens with one attached hydrogen (secondary N) is 1. The van der Waals surface area contributed by atoms with Crippen molar-refractivity contribution in [2.24, 2.45) is 7.05 Å². The van der Waals surface area contributed by atoms with E-state index in [1.807, 2.05) is 0 Å². The third kappa shape index (κ3) is 2.54. The van der Waals surface area contributed by atoms with Crippen LogP contribution >= 0.6 is 11.6 Å². The summed E-state index contributed by atoms with van der Waals surface area (Å²) in [7, 11) is 1.73. The molecular weight excluding hydrogens is 242 g/mol. The van der Waals surface area contributed by atoms with E-state index < -0.39 is 0 Å². The second-order valence-electron chi connectivity index (χ2n) is 3.43. The number of rotatable bonds is 2. The number of nitrogen functional groups attached to an aromatic ring is 1. The lowest BCUT2D eigenvalue weighted by Crippen LogP contribution is -2.17. The molecule has 2 aromatic heterocycles. The van der Waals surface area contributed by atoms with Crippen LogP contribution in [0.5, 0.6) is 0 Å². The average Bonchev–Trinajstić information content (AvgIpc) is 2.58. The number of carbonyl (C=O) groups is 1. The summed E-state index contributed by atoms with van der Waals surface area (Å²) < 4.78 is 1.62. The smallest absolute Gasteiger partial charge is 0.274 e. The van der Waals surface area contributed by atoms with Crippen molar-refractivity contribution in [1.29, 1.82) is 0 Å². The third-order valence-corrected chi connectivity index (χ3v) is 2.32. The largest absolute Gasteiger partial charge is 0.397 e. The van der Waals surface area contributed by atoms with Crippen LogP contribution < -0.4 is 11.1 Å². The van der Waals surface area contributed by atoms with E-state index >= 15 is 0 Å². The number of amides is 1. The maximum Gasteiger partial charge on any atom is 0.274 e. The minimum Gasteiger partial charge on any atom is -0.397 e. The number of aromatic nitrogens is 3. The first-order valence-electron chi connectivity index (χ1n) is 4.78. The molecule has 17 heavy (non-hydrogen) atoms. The van der Waals surface area contributed by atoms with Crippen LogP contribution in [0.2, 0.25) is 5.15 Å². The molecule has 2 heterocycles. The predicted molar refractivity (Wildman–Crippen MR) is 64.8 cm³/mol. The summed E-state index contributed by atoms with van der Waals surface area (Å²) in [5.74, 6) is -0.186. The van der Waals surface area contributed by atoms with E-state index in [0.717, 1.165) is 0 Å². The second-order valence-corrected chi connectivity index (χ2v) is 3.81. The summed E-state index contributed by atoms with van der Waals surface area (Å²) in [5, 5.41) is 2.80. The van der Waals surface area contributed by atoms with Gasteiger partial charge in [-0.2, -0.15) is 0 Å². The fraction of sp³-hybridized carbons (Fsp3) is 0.100. The minimum absolute atomic E-state index is 0.155. The van der Waals surface area contributed by atoms with Crippen molar-refractivity contribution in [3.63, 3.8) is 0 Å². The van der Waals surface area contributed by atoms with Gasteiger partial charge in [-0.05, 0) is 12.1 Å². The highest BCUT2D eigenvalue weighted by atomic mass is 35.5. The molecule has 0 atom stereocenters. The highest BCUT2D eigenvalue weighted by Gasteiger charge is 2.12. The molecule has 2 rings (SSSR count). The number of anilines is 2. The van der Waals surface area contributed by atoms with Crippen molar-refractivity contribution in [2.75, 3.05) is 11.1 Å². The van der Waals surface area contributed by atoms with E-state index in [1.54, 1.807) is 23.9 Å². The summed E-state index contributed by atoms with van der Waals surface area (Å²) in [4.78, 5) is 19.6. The van der Waals surface area contributed by atoms with Gasteiger partial charge in [-0.1, -0.05) is 11.6 Å². The van der Waals surface area contributed by atoms with Gasteiger partial charge in [-0.25, -0.2) is 9.97 Å². The van der Waals surface area contributed by atoms with Crippen molar-refractivity contribution >= 4 is 29.1 Å². The molecule has 0 saturated carbocycles. The molecule has 0 aliphatic carbocycles. The zero-order valence-electron chi connectivity index (χ0n) is 9.01. The van der Waals surface area contributed by atoms with Gasteiger partial charge >= 0.3 is 0 Å². The summed E-state index contributed by atoms with van der Waals surface area (Å²) in [6.45, 7) is 0. The van der Waals surface area contributed by atoms with Gasteiger partial charge in [0.25, 0.3) is 5.91 Å². The fourth-order valence-electron chi connectivity index (χ4n) is 1.38. The first kappa shape index (κ1) is 11.4. The molecule has 0 aliphatic heterocycles. The lowest BCUT2D eigenvalue weighted by atomic mass is 10.4. The number of nitrogens with zero attached hydrogens (tertiary/aromatic N) is 3. The SMILES string of the molecule is Cn1cc(N)cc1C(=O)Nc1nccc(Cl)n1. The van der Waals surface area contributed by atoms with Crippen molar-refractivity contribution in [2.45, 2.75) is 0 Å². The first-order valence-corrected chi connectivity index (χ1v) is 5.16. The Morgan fingerprint density at radius 1 is 1.59 bits per heavy atom. The van der Waals surface area contributed by atoms with Gasteiger partial charge in [0.15, 0.2) is 0 Å². The Morgan fingerprint density at radius 3 is 2.94 bits per heavy atom. The summed E-state index contributed by atoms with van der Waals surface area (Å²) in [6, 6.07) is 3.09. The molecule has 0 unspecified atom stereocenters. The molecule has 0 fully saturated rings. The normalized spacial score (nSPS) is 10.2. The summed E-state index contributed by atoms with van der Waals surface area (Å²) in [6.07, 6.45) is 3.11. The Kier molecular flexibility index (Phi) is 2.97. The molecule has 0 bridgehead atoms. The lowest BCUT2D eigenvalue weighted by Gasteiger charge is -2.04. The summed E-state index contributed by atoms with van der Waals surface area (Å²) in [5.41, 5.74) is 6.52. The number of hydrogen-bond donors (Lipinski definition) is 2. The monoisotopic (exact) mass is 251 g/mol. The molecule has 0 aromatic carbocycles. The maximum atomic E-state index is 11.8. The Hall–Kier alpha value is -2.08. The molecule has 88 valence electrons. The number of hydrogen-bond acceptors (Lipinski definition) is 4. The molecule has 0 saturated heterocycles. The van der Waals surface area contributed by atoms with Crippen LogP contribution in [0, 0.1) is 0 Å². The zero-order valence-corrected chi connectivity index (χ0v) is 9.77. The lowest BCUT2D eigenvalue weighted by molar-refractivity contribution is 0.101. The van der Waals surface area contributed by atoms with Crippen LogP contribution in [0.1, 0.15) is 10.5 Å². The van der Waals surface area contributed by atoms with Gasteiger partial charge in [-0.15, -0.1) is 0 Å². The number of carbonyl (C=O) groups excluding carboxylic acids is 1. The van der Waals surface area contributed by atoms with E-state index in [2.05, 4.69) is 15.3 Å². The van der Waals surface area contributed by atoms with E-state index in [9.17, 15) is 4.79 Å². The highest BCUT2D eigenvalue weighted by molar-refractivity contribution is 6.29. The van der Waals surface area contributed by atoms with E-state index in [0.29, 0.717) is 11.4 Å². The van der Waals surface area contributed by atoms with Gasteiger partial charge in [0.2, 0.25) is 5.95 Å². The van der Waals surface area contributed by atoms with Crippen LogP contribution in [0.4, 0.5) is 11.6 Å². The van der Waals surface area contributed by atoms with Crippen LogP contribution in [0.3, 0.4) is 0 Å². The Balaban J connectivity index is 2.20. The first-order chi connectivity index (χ1) is 8.06. The fourth-order valence-corrected chi connectivity index (χ4v) is 1.51. The molecule has 6 nitrogen and oxygen atoms in total. The quantitative estimate of drug-likeness (QED) is 0.788. The number of aryl methyl sites for hydroxylation is 1. The molecule has 2 aromatic rings. The Morgan fingerprint density at radius 2 is 2.35 bits per heavy atom. The van der Waals surface area contributed by atoms with Crippen molar-refractivity contribution in [3.05, 3.63) is 35.4 Å². The molecule has 0 spiro atoms.